The molecule has 5 heteroatoms. The number of ketones is 1. The summed E-state index contributed by atoms with van der Waals surface area (Å²) in [4.78, 5) is 15.2. The van der Waals surface area contributed by atoms with Crippen molar-refractivity contribution in [3.05, 3.63) is 94.1 Å². The van der Waals surface area contributed by atoms with Crippen molar-refractivity contribution < 1.29 is 9.90 Å². The molecule has 1 saturated carbocycles. The molecule has 3 rings (SSSR count). The fourth-order valence-electron chi connectivity index (χ4n) is 3.57. The van der Waals surface area contributed by atoms with Crippen LogP contribution >= 0.6 is 15.9 Å². The first kappa shape index (κ1) is 35.1. The molecular formula is C33H47BrN2O2. The Morgan fingerprint density at radius 1 is 1.08 bits per heavy atom. The normalized spacial score (nSPS) is 13.1. The number of carbonyl (C=O) groups is 1. The summed E-state index contributed by atoms with van der Waals surface area (Å²) in [6, 6.07) is 17.3. The Kier molecular flexibility index (Phi) is 16.9. The number of phenols is 1. The lowest BCUT2D eigenvalue weighted by atomic mass is 9.92. The van der Waals surface area contributed by atoms with Crippen LogP contribution in [0.1, 0.15) is 78.9 Å². The van der Waals surface area contributed by atoms with Gasteiger partial charge in [-0.2, -0.15) is 0 Å². The first-order valence-corrected chi connectivity index (χ1v) is 13.6. The van der Waals surface area contributed by atoms with Crippen LogP contribution in [0, 0.1) is 0 Å². The molecule has 0 aliphatic heterocycles. The molecule has 0 atom stereocenters. The summed E-state index contributed by atoms with van der Waals surface area (Å²) in [6.45, 7) is 14.9. The summed E-state index contributed by atoms with van der Waals surface area (Å²) in [7, 11) is 1.75. The zero-order chi connectivity index (χ0) is 27.8. The zero-order valence-electron chi connectivity index (χ0n) is 23.3. The second kappa shape index (κ2) is 18.4. The Morgan fingerprint density at radius 3 is 2.11 bits per heavy atom. The first-order valence-electron chi connectivity index (χ1n) is 12.8. The third-order valence-corrected chi connectivity index (χ3v) is 7.04. The number of benzene rings is 2. The second-order valence-electron chi connectivity index (χ2n) is 9.39. The van der Waals surface area contributed by atoms with Crippen molar-refractivity contribution in [2.45, 2.75) is 73.1 Å². The Morgan fingerprint density at radius 2 is 1.66 bits per heavy atom. The number of rotatable bonds is 9. The Bertz CT molecular complexity index is 1090. The number of nitrogens with zero attached hydrogens (tertiary/aromatic N) is 1. The highest BCUT2D eigenvalue weighted by Gasteiger charge is 2.48. The van der Waals surface area contributed by atoms with E-state index in [1.165, 1.54) is 17.6 Å². The molecule has 1 fully saturated rings. The molecule has 1 aliphatic rings. The fraction of sp³-hybridized carbons (Fsp3) is 0.394. The number of hydrogen-bond acceptors (Lipinski definition) is 4. The van der Waals surface area contributed by atoms with Crippen LogP contribution in [0.5, 0.6) is 5.75 Å². The maximum atomic E-state index is 11.3. The average Bonchev–Trinajstić information content (AvgIpc) is 3.68. The predicted octanol–water partition coefficient (Wildman–Crippen LogP) is 9.02. The van der Waals surface area contributed by atoms with Crippen LogP contribution in [0.4, 0.5) is 0 Å². The van der Waals surface area contributed by atoms with E-state index in [2.05, 4.69) is 51.9 Å². The second-order valence-corrected chi connectivity index (χ2v) is 10.2. The molecule has 0 spiro atoms. The maximum Gasteiger partial charge on any atom is 0.140 e. The van der Waals surface area contributed by atoms with Gasteiger partial charge in [0.2, 0.25) is 0 Å². The van der Waals surface area contributed by atoms with Gasteiger partial charge in [0.05, 0.1) is 5.41 Å². The van der Waals surface area contributed by atoms with Crippen LogP contribution in [0.25, 0.3) is 5.57 Å². The molecule has 2 aromatic rings. The highest BCUT2D eigenvalue weighted by molar-refractivity contribution is 9.12. The number of halogens is 1. The highest BCUT2D eigenvalue weighted by atomic mass is 79.9. The van der Waals surface area contributed by atoms with Crippen LogP contribution in [-0.2, 0) is 10.2 Å². The van der Waals surface area contributed by atoms with Gasteiger partial charge >= 0.3 is 0 Å². The Balaban J connectivity index is 0.000000571. The monoisotopic (exact) mass is 582 g/mol. The van der Waals surface area contributed by atoms with E-state index in [1.807, 2.05) is 63.2 Å². The van der Waals surface area contributed by atoms with E-state index in [9.17, 15) is 9.90 Å². The van der Waals surface area contributed by atoms with Gasteiger partial charge in [0.25, 0.3) is 0 Å². The Hall–Kier alpha value is -2.92. The predicted molar refractivity (Wildman–Crippen MR) is 170 cm³/mol. The average molecular weight is 584 g/mol. The van der Waals surface area contributed by atoms with E-state index in [1.54, 1.807) is 26.3 Å². The molecular weight excluding hydrogens is 536 g/mol. The quantitative estimate of drug-likeness (QED) is 0.176. The van der Waals surface area contributed by atoms with Crippen molar-refractivity contribution in [1.82, 2.24) is 5.32 Å². The number of hydrogen-bond donors (Lipinski definition) is 2. The van der Waals surface area contributed by atoms with Crippen molar-refractivity contribution in [3.63, 3.8) is 0 Å². The van der Waals surface area contributed by atoms with Crippen molar-refractivity contribution in [2.24, 2.45) is 4.99 Å². The van der Waals surface area contributed by atoms with Gasteiger partial charge in [0.1, 0.15) is 11.5 Å². The van der Waals surface area contributed by atoms with E-state index < -0.39 is 0 Å². The highest BCUT2D eigenvalue weighted by Crippen LogP contribution is 2.48. The SMILES string of the molecule is C.C=C(/C=C(\C)NCCCC)c1ccccc1O.CC(=O)C1(c2ccccc2)CC1.CN=CC(Br)=C(C)C. The molecule has 4 nitrogen and oxygen atoms in total. The van der Waals surface area contributed by atoms with Crippen LogP contribution < -0.4 is 5.32 Å². The number of aliphatic imine (C=N–C) groups is 1. The van der Waals surface area contributed by atoms with E-state index in [-0.39, 0.29) is 18.6 Å². The largest absolute Gasteiger partial charge is 0.507 e. The summed E-state index contributed by atoms with van der Waals surface area (Å²) in [6.07, 6.45) is 8.16. The van der Waals surface area contributed by atoms with Crippen LogP contribution in [0.15, 0.2) is 88.0 Å². The van der Waals surface area contributed by atoms with Gasteiger partial charge in [-0.1, -0.05) is 81.5 Å². The molecule has 0 heterocycles. The van der Waals surface area contributed by atoms with Gasteiger partial charge in [-0.15, -0.1) is 0 Å². The number of aromatic hydroxyl groups is 1. The van der Waals surface area contributed by atoms with Crippen LogP contribution in [0.3, 0.4) is 0 Å². The van der Waals surface area contributed by atoms with Crippen molar-refractivity contribution in [1.29, 1.82) is 0 Å². The van der Waals surface area contributed by atoms with Crippen LogP contribution in [-0.4, -0.2) is 30.7 Å². The topological polar surface area (TPSA) is 61.7 Å². The lowest BCUT2D eigenvalue weighted by Gasteiger charge is -2.10. The molecule has 208 valence electrons. The van der Waals surface area contributed by atoms with Gasteiger partial charge in [0.15, 0.2) is 0 Å². The number of phenolic OH excluding ortho intramolecular Hbond substituents is 1. The summed E-state index contributed by atoms with van der Waals surface area (Å²) in [5, 5.41) is 13.0. The van der Waals surface area contributed by atoms with Gasteiger partial charge in [-0.3, -0.25) is 9.79 Å². The minimum Gasteiger partial charge on any atom is -0.507 e. The molecule has 0 saturated heterocycles. The van der Waals surface area contributed by atoms with Crippen molar-refractivity contribution >= 4 is 33.5 Å². The van der Waals surface area contributed by atoms with E-state index >= 15 is 0 Å². The molecule has 2 aromatic carbocycles. The molecule has 0 bridgehead atoms. The molecule has 0 amide bonds. The third-order valence-electron chi connectivity index (χ3n) is 6.05. The standard InChI is InChI=1S/C15H21NO.C11H12O.C6H10BrN.CH4/c1-4-5-10-16-13(3)11-12(2)14-8-6-7-9-15(14)17;1-9(12)11(7-8-11)10-5-3-2-4-6-10;1-5(2)6(7)4-8-3;/h6-9,11,16-17H,2,4-5,10H2,1,3H3;2-6H,7-8H2,1H3;4H,1-3H3;1H4/b13-11+;;;. The first-order chi connectivity index (χ1) is 17.6. The molecule has 0 unspecified atom stereocenters. The summed E-state index contributed by atoms with van der Waals surface area (Å²) < 4.78 is 1.07. The molecule has 0 aromatic heterocycles. The molecule has 38 heavy (non-hydrogen) atoms. The Labute approximate surface area is 239 Å². The molecule has 0 radical (unpaired) electrons. The molecule has 1 aliphatic carbocycles. The number of unbranched alkanes of at least 4 members (excludes halogenated alkanes) is 1. The lowest BCUT2D eigenvalue weighted by Crippen LogP contribution is -2.16. The summed E-state index contributed by atoms with van der Waals surface area (Å²) in [5.74, 6) is 0.587. The lowest BCUT2D eigenvalue weighted by molar-refractivity contribution is -0.119. The minimum absolute atomic E-state index is 0. The number of nitrogens with one attached hydrogen (secondary N) is 1. The minimum atomic E-state index is -0.0960. The van der Waals surface area contributed by atoms with Crippen molar-refractivity contribution in [2.75, 3.05) is 13.6 Å². The fourth-order valence-corrected chi connectivity index (χ4v) is 3.77. The van der Waals surface area contributed by atoms with Crippen LogP contribution in [0.2, 0.25) is 0 Å². The number of allylic oxidation sites excluding steroid dienone is 5. The van der Waals surface area contributed by atoms with Gasteiger partial charge in [-0.25, -0.2) is 0 Å². The van der Waals surface area contributed by atoms with Gasteiger partial charge < -0.3 is 10.4 Å². The smallest absolute Gasteiger partial charge is 0.140 e. The van der Waals surface area contributed by atoms with E-state index in [0.29, 0.717) is 5.78 Å². The summed E-state index contributed by atoms with van der Waals surface area (Å²) >= 11 is 3.33. The van der Waals surface area contributed by atoms with E-state index in [4.69, 9.17) is 0 Å². The molecule has 2 N–H and O–H groups in total. The maximum absolute atomic E-state index is 11.3. The third kappa shape index (κ3) is 12.1. The van der Waals surface area contributed by atoms with E-state index in [0.717, 1.165) is 47.1 Å². The van der Waals surface area contributed by atoms with Gasteiger partial charge in [-0.05, 0) is 86.2 Å². The zero-order valence-corrected chi connectivity index (χ0v) is 24.9. The number of para-hydroxylation sites is 1. The van der Waals surface area contributed by atoms with Gasteiger partial charge in [0, 0.05) is 35.5 Å². The van der Waals surface area contributed by atoms with Crippen molar-refractivity contribution in [3.8, 4) is 5.75 Å². The number of carbonyl (C=O) groups excluding carboxylic acids is 1. The number of Topliss-reactive ketones (excluding diaryl/α,β-unsaturated/α-hetero) is 1. The summed E-state index contributed by atoms with van der Waals surface area (Å²) in [5.41, 5.74) is 5.02.